The van der Waals surface area contributed by atoms with Crippen LogP contribution in [0.5, 0.6) is 23.1 Å². The molecule has 5 rings (SSSR count). The minimum Gasteiger partial charge on any atom is -0.490 e. The van der Waals surface area contributed by atoms with E-state index < -0.39 is 11.2 Å². The van der Waals surface area contributed by atoms with Gasteiger partial charge in [0.2, 0.25) is 5.88 Å². The number of nitrogens with zero attached hydrogens (tertiary/aromatic N) is 3. The molecule has 0 saturated carbocycles. The van der Waals surface area contributed by atoms with Gasteiger partial charge in [0.05, 0.1) is 36.1 Å². The molecule has 0 bridgehead atoms. The van der Waals surface area contributed by atoms with Gasteiger partial charge >= 0.3 is 5.97 Å². The molecule has 1 N–H and O–H groups in total. The molecule has 1 aliphatic heterocycles. The number of aromatic nitrogens is 3. The van der Waals surface area contributed by atoms with Crippen molar-refractivity contribution in [2.75, 3.05) is 39.5 Å². The normalized spacial score (nSPS) is 14.3. The van der Waals surface area contributed by atoms with Crippen molar-refractivity contribution in [1.82, 2.24) is 19.9 Å². The van der Waals surface area contributed by atoms with Crippen LogP contribution in [0.4, 0.5) is 4.39 Å². The molecule has 242 valence electrons. The van der Waals surface area contributed by atoms with Crippen molar-refractivity contribution < 1.29 is 28.1 Å². The van der Waals surface area contributed by atoms with Crippen LogP contribution in [-0.4, -0.2) is 65.3 Å². The maximum absolute atomic E-state index is 15.4. The van der Waals surface area contributed by atoms with Crippen molar-refractivity contribution >= 4 is 27.8 Å². The van der Waals surface area contributed by atoms with Crippen molar-refractivity contribution in [3.63, 3.8) is 0 Å². The highest BCUT2D eigenvalue weighted by molar-refractivity contribution is 5.87. The van der Waals surface area contributed by atoms with Crippen LogP contribution >= 0.6 is 0 Å². The van der Waals surface area contributed by atoms with Crippen LogP contribution in [0.1, 0.15) is 66.0 Å². The number of esters is 1. The van der Waals surface area contributed by atoms with E-state index in [2.05, 4.69) is 33.7 Å². The summed E-state index contributed by atoms with van der Waals surface area (Å²) in [7, 11) is 0. The number of benzene rings is 2. The number of aromatic amines is 1. The Kier molecular flexibility index (Phi) is 9.82. The Morgan fingerprint density at radius 3 is 2.51 bits per heavy atom. The zero-order chi connectivity index (χ0) is 32.2. The molecule has 45 heavy (non-hydrogen) atoms. The Balaban J connectivity index is 1.41. The fourth-order valence-corrected chi connectivity index (χ4v) is 6.21. The van der Waals surface area contributed by atoms with Gasteiger partial charge in [0.25, 0.3) is 0 Å². The average molecular weight is 621 g/mol. The number of hydrogen-bond donors (Lipinski definition) is 1. The van der Waals surface area contributed by atoms with Crippen LogP contribution in [0.2, 0.25) is 0 Å². The molecule has 1 fully saturated rings. The molecule has 3 heterocycles. The number of fused-ring (bicyclic) bond motifs is 2. The minimum atomic E-state index is -0.681. The lowest BCUT2D eigenvalue weighted by atomic mass is 9.75. The van der Waals surface area contributed by atoms with E-state index in [1.165, 1.54) is 19.2 Å². The fourth-order valence-electron chi connectivity index (χ4n) is 6.21. The largest absolute Gasteiger partial charge is 0.490 e. The maximum Gasteiger partial charge on any atom is 0.311 e. The monoisotopic (exact) mass is 620 g/mol. The summed E-state index contributed by atoms with van der Waals surface area (Å²) in [6.45, 7) is 16.0. The number of aryl methyl sites for hydroxylation is 1. The molecular weight excluding hydrogens is 575 g/mol. The highest BCUT2D eigenvalue weighted by Crippen LogP contribution is 2.40. The van der Waals surface area contributed by atoms with Crippen molar-refractivity contribution in [1.29, 1.82) is 0 Å². The molecule has 0 radical (unpaired) electrons. The van der Waals surface area contributed by atoms with E-state index in [4.69, 9.17) is 18.9 Å². The standard InChI is InChI=1S/C35H45FN4O5/c1-7-42-33(41)35(5,6)20-34(3,4)21-44-29-18-25-27(19-30(29)43-16-10-15-40-13-8-9-14-40)37-22-38-32(25)45-28-12-11-26-24(31(28)36)17-23(2)39-26/h11-12,17-19,22,39H,7-10,13-16,20-21H2,1-6H3. The van der Waals surface area contributed by atoms with E-state index in [0.717, 1.165) is 31.7 Å². The molecule has 9 nitrogen and oxygen atoms in total. The van der Waals surface area contributed by atoms with Gasteiger partial charge in [-0.2, -0.15) is 0 Å². The number of carbonyl (C=O) groups is 1. The van der Waals surface area contributed by atoms with E-state index in [1.807, 2.05) is 33.8 Å². The number of rotatable bonds is 14. The Hall–Kier alpha value is -3.92. The molecule has 10 heteroatoms. The van der Waals surface area contributed by atoms with E-state index in [0.29, 0.717) is 59.5 Å². The second kappa shape index (κ2) is 13.6. The highest BCUT2D eigenvalue weighted by atomic mass is 19.1. The molecule has 0 atom stereocenters. The van der Waals surface area contributed by atoms with Gasteiger partial charge in [0.1, 0.15) is 6.33 Å². The first-order valence-electron chi connectivity index (χ1n) is 15.9. The third-order valence-corrected chi connectivity index (χ3v) is 8.15. The highest BCUT2D eigenvalue weighted by Gasteiger charge is 2.36. The van der Waals surface area contributed by atoms with Crippen LogP contribution in [0.3, 0.4) is 0 Å². The molecule has 0 unspecified atom stereocenters. The smallest absolute Gasteiger partial charge is 0.311 e. The molecule has 0 aliphatic carbocycles. The first-order chi connectivity index (χ1) is 21.5. The summed E-state index contributed by atoms with van der Waals surface area (Å²) in [6.07, 6.45) is 5.33. The molecule has 1 saturated heterocycles. The Bertz CT molecular complexity index is 1640. The quantitative estimate of drug-likeness (QED) is 0.114. The number of hydrogen-bond acceptors (Lipinski definition) is 8. The van der Waals surface area contributed by atoms with Crippen LogP contribution in [-0.2, 0) is 9.53 Å². The van der Waals surface area contributed by atoms with Gasteiger partial charge in [-0.1, -0.05) is 13.8 Å². The number of carbonyl (C=O) groups excluding carboxylic acids is 1. The van der Waals surface area contributed by atoms with Gasteiger partial charge in [0.15, 0.2) is 23.1 Å². The molecule has 0 spiro atoms. The molecule has 0 amide bonds. The Morgan fingerprint density at radius 2 is 1.76 bits per heavy atom. The van der Waals surface area contributed by atoms with Gasteiger partial charge in [0, 0.05) is 29.2 Å². The molecule has 2 aromatic heterocycles. The summed E-state index contributed by atoms with van der Waals surface area (Å²) >= 11 is 0. The summed E-state index contributed by atoms with van der Waals surface area (Å²) in [5, 5.41) is 1.01. The van der Waals surface area contributed by atoms with E-state index in [1.54, 1.807) is 24.3 Å². The van der Waals surface area contributed by atoms with Crippen molar-refractivity contribution in [2.45, 2.75) is 67.2 Å². The maximum atomic E-state index is 15.4. The van der Waals surface area contributed by atoms with E-state index in [9.17, 15) is 4.79 Å². The summed E-state index contributed by atoms with van der Waals surface area (Å²) in [4.78, 5) is 27.0. The summed E-state index contributed by atoms with van der Waals surface area (Å²) in [5.41, 5.74) is 1.08. The first-order valence-corrected chi connectivity index (χ1v) is 15.9. The van der Waals surface area contributed by atoms with Crippen molar-refractivity contribution in [2.24, 2.45) is 10.8 Å². The van der Waals surface area contributed by atoms with Crippen LogP contribution in [0.25, 0.3) is 21.8 Å². The molecule has 1 aliphatic rings. The summed E-state index contributed by atoms with van der Waals surface area (Å²) in [5.74, 6) is 0.632. The third kappa shape index (κ3) is 7.84. The number of halogens is 1. The summed E-state index contributed by atoms with van der Waals surface area (Å²) < 4.78 is 39.5. The van der Waals surface area contributed by atoms with Gasteiger partial charge in [-0.3, -0.25) is 4.79 Å². The first kappa shape index (κ1) is 32.5. The predicted molar refractivity (Wildman–Crippen MR) is 173 cm³/mol. The topological polar surface area (TPSA) is 98.8 Å². The zero-order valence-corrected chi connectivity index (χ0v) is 27.3. The Morgan fingerprint density at radius 1 is 1.00 bits per heavy atom. The van der Waals surface area contributed by atoms with Crippen molar-refractivity contribution in [3.05, 3.63) is 48.2 Å². The molecule has 4 aromatic rings. The van der Waals surface area contributed by atoms with E-state index >= 15 is 4.39 Å². The van der Waals surface area contributed by atoms with Gasteiger partial charge < -0.3 is 28.8 Å². The lowest BCUT2D eigenvalue weighted by Crippen LogP contribution is -2.35. The predicted octanol–water partition coefficient (Wildman–Crippen LogP) is 7.60. The van der Waals surface area contributed by atoms with Gasteiger partial charge in [-0.05, 0) is 96.1 Å². The van der Waals surface area contributed by atoms with E-state index in [-0.39, 0.29) is 23.0 Å². The van der Waals surface area contributed by atoms with Crippen LogP contribution < -0.4 is 14.2 Å². The second-order valence-electron chi connectivity index (χ2n) is 13.4. The number of ether oxygens (including phenoxy) is 4. The summed E-state index contributed by atoms with van der Waals surface area (Å²) in [6, 6.07) is 8.74. The lowest BCUT2D eigenvalue weighted by molar-refractivity contribution is -0.155. The van der Waals surface area contributed by atoms with Crippen molar-refractivity contribution in [3.8, 4) is 23.1 Å². The average Bonchev–Trinajstić information content (AvgIpc) is 3.65. The fraction of sp³-hybridized carbons (Fsp3) is 0.514. The number of nitrogens with one attached hydrogen (secondary N) is 1. The molecular formula is C35H45FN4O5. The van der Waals surface area contributed by atoms with Gasteiger partial charge in [-0.25, -0.2) is 14.4 Å². The number of H-pyrrole nitrogens is 1. The van der Waals surface area contributed by atoms with Gasteiger partial charge in [-0.15, -0.1) is 0 Å². The third-order valence-electron chi connectivity index (χ3n) is 8.15. The second-order valence-corrected chi connectivity index (χ2v) is 13.4. The lowest BCUT2D eigenvalue weighted by Gasteiger charge is -2.33. The SMILES string of the molecule is CCOC(=O)C(C)(C)CC(C)(C)COc1cc2c(Oc3ccc4[nH]c(C)cc4c3F)ncnc2cc1OCCCN1CCCC1. The Labute approximate surface area is 264 Å². The minimum absolute atomic E-state index is 0.0635. The van der Waals surface area contributed by atoms with Crippen LogP contribution in [0, 0.1) is 23.6 Å². The zero-order valence-electron chi connectivity index (χ0n) is 27.3. The molecule has 2 aromatic carbocycles. The van der Waals surface area contributed by atoms with Crippen LogP contribution in [0.15, 0.2) is 36.7 Å². The number of likely N-dealkylation sites (tertiary alicyclic amines) is 1.